The predicted molar refractivity (Wildman–Crippen MR) is 87.5 cm³/mol. The highest BCUT2D eigenvalue weighted by molar-refractivity contribution is 7.52. The fraction of sp³-hybridized carbons (Fsp3) is 0.200. The smallest absolute Gasteiger partial charge is 0.352 e. The molecule has 22 heavy (non-hydrogen) atoms. The lowest BCUT2D eigenvalue weighted by molar-refractivity contribution is 0.331. The molecule has 0 amide bonds. The molecule has 0 saturated carbocycles. The Bertz CT molecular complexity index is 689. The van der Waals surface area contributed by atoms with Gasteiger partial charge in [0.25, 0.3) is 0 Å². The first-order valence-electron chi connectivity index (χ1n) is 6.71. The summed E-state index contributed by atoms with van der Waals surface area (Å²) >= 11 is 5.91. The van der Waals surface area contributed by atoms with Crippen LogP contribution in [0.25, 0.3) is 0 Å². The lowest BCUT2D eigenvalue weighted by atomic mass is 10.2. The second-order valence-corrected chi connectivity index (χ2v) is 6.75. The highest BCUT2D eigenvalue weighted by atomic mass is 35.5. The second-order valence-electron chi connectivity index (χ2n) is 4.62. The van der Waals surface area contributed by atoms with Crippen molar-refractivity contribution in [3.05, 3.63) is 59.1 Å². The molecule has 7 heteroatoms. The van der Waals surface area contributed by atoms with Gasteiger partial charge in [-0.2, -0.15) is 0 Å². The quantitative estimate of drug-likeness (QED) is 0.691. The van der Waals surface area contributed by atoms with Crippen LogP contribution in [0.15, 0.2) is 48.5 Å². The van der Waals surface area contributed by atoms with Crippen LogP contribution in [0.1, 0.15) is 18.3 Å². The van der Waals surface area contributed by atoms with Crippen LogP contribution < -0.4 is 10.1 Å². The first-order valence-corrected chi connectivity index (χ1v) is 8.77. The minimum absolute atomic E-state index is 0.401. The van der Waals surface area contributed by atoms with Gasteiger partial charge in [0, 0.05) is 16.3 Å². The zero-order chi connectivity index (χ0) is 16.2. The third-order valence-corrected chi connectivity index (χ3v) is 4.29. The number of hydrogen-bond donors (Lipinski definition) is 3. The largest absolute Gasteiger partial charge is 0.493 e. The topological polar surface area (TPSA) is 78.8 Å². The molecule has 0 spiro atoms. The molecule has 2 rings (SSSR count). The standard InChI is InChI=1S/C15H17ClNO4P/c1-2-21-14-9-4-3-8-13(14)15(22(18,19)20)17-12-7-5-6-11(16)10-12/h3-10,15,17H,2H2,1H3,(H2,18,19,20)/t15-/m0/s1. The molecule has 0 bridgehead atoms. The number of anilines is 1. The second kappa shape index (κ2) is 7.16. The molecule has 0 aromatic heterocycles. The molecule has 0 aliphatic carbocycles. The number of benzene rings is 2. The summed E-state index contributed by atoms with van der Waals surface area (Å²) in [5.41, 5.74) is 0.921. The zero-order valence-electron chi connectivity index (χ0n) is 11.9. The summed E-state index contributed by atoms with van der Waals surface area (Å²) in [5.74, 6) is -0.776. The van der Waals surface area contributed by atoms with Gasteiger partial charge < -0.3 is 19.8 Å². The number of halogens is 1. The van der Waals surface area contributed by atoms with Crippen molar-refractivity contribution in [2.75, 3.05) is 11.9 Å². The molecular formula is C15H17ClNO4P. The molecule has 2 aromatic rings. The van der Waals surface area contributed by atoms with Gasteiger partial charge in [-0.25, -0.2) is 0 Å². The normalized spacial score (nSPS) is 12.7. The van der Waals surface area contributed by atoms with Crippen LogP contribution in [0.4, 0.5) is 5.69 Å². The number of para-hydroxylation sites is 1. The van der Waals surface area contributed by atoms with Crippen LogP contribution in [-0.4, -0.2) is 16.4 Å². The third kappa shape index (κ3) is 4.24. The van der Waals surface area contributed by atoms with E-state index in [4.69, 9.17) is 16.3 Å². The maximum atomic E-state index is 11.9. The van der Waals surface area contributed by atoms with E-state index in [-0.39, 0.29) is 0 Å². The van der Waals surface area contributed by atoms with Crippen LogP contribution >= 0.6 is 19.2 Å². The molecule has 0 aliphatic heterocycles. The molecular weight excluding hydrogens is 325 g/mol. The van der Waals surface area contributed by atoms with E-state index in [1.807, 2.05) is 6.92 Å². The third-order valence-electron chi connectivity index (χ3n) is 2.98. The van der Waals surface area contributed by atoms with Crippen molar-refractivity contribution in [1.82, 2.24) is 0 Å². The van der Waals surface area contributed by atoms with Crippen LogP contribution in [0.3, 0.4) is 0 Å². The zero-order valence-corrected chi connectivity index (χ0v) is 13.6. The Morgan fingerprint density at radius 3 is 2.59 bits per heavy atom. The van der Waals surface area contributed by atoms with Gasteiger partial charge in [-0.15, -0.1) is 0 Å². The van der Waals surface area contributed by atoms with Crippen LogP contribution in [-0.2, 0) is 4.57 Å². The molecule has 5 nitrogen and oxygen atoms in total. The number of nitrogens with one attached hydrogen (secondary N) is 1. The van der Waals surface area contributed by atoms with Gasteiger partial charge in [-0.1, -0.05) is 35.9 Å². The Morgan fingerprint density at radius 2 is 1.95 bits per heavy atom. The molecule has 0 radical (unpaired) electrons. The van der Waals surface area contributed by atoms with Crippen molar-refractivity contribution in [1.29, 1.82) is 0 Å². The molecule has 0 aliphatic rings. The summed E-state index contributed by atoms with van der Waals surface area (Å²) < 4.78 is 17.4. The molecule has 2 aromatic carbocycles. The van der Waals surface area contributed by atoms with Crippen molar-refractivity contribution >= 4 is 24.9 Å². The Hall–Kier alpha value is -1.52. The molecule has 118 valence electrons. The van der Waals surface area contributed by atoms with E-state index in [0.717, 1.165) is 0 Å². The number of ether oxygens (including phenoxy) is 1. The Morgan fingerprint density at radius 1 is 1.23 bits per heavy atom. The van der Waals surface area contributed by atoms with Gasteiger partial charge in [0.2, 0.25) is 0 Å². The van der Waals surface area contributed by atoms with E-state index in [9.17, 15) is 14.4 Å². The fourth-order valence-electron chi connectivity index (χ4n) is 2.07. The first kappa shape index (κ1) is 16.8. The van der Waals surface area contributed by atoms with E-state index < -0.39 is 13.4 Å². The minimum Gasteiger partial charge on any atom is -0.493 e. The lowest BCUT2D eigenvalue weighted by Crippen LogP contribution is -2.13. The van der Waals surface area contributed by atoms with Gasteiger partial charge in [-0.05, 0) is 31.2 Å². The maximum Gasteiger partial charge on any atom is 0.352 e. The first-order chi connectivity index (χ1) is 10.4. The van der Waals surface area contributed by atoms with Crippen molar-refractivity contribution in [3.63, 3.8) is 0 Å². The van der Waals surface area contributed by atoms with E-state index in [0.29, 0.717) is 28.6 Å². The Kier molecular flexibility index (Phi) is 5.48. The Balaban J connectivity index is 2.41. The number of rotatable bonds is 6. The maximum absolute atomic E-state index is 11.9. The monoisotopic (exact) mass is 341 g/mol. The summed E-state index contributed by atoms with van der Waals surface area (Å²) in [6.45, 7) is 2.22. The highest BCUT2D eigenvalue weighted by Gasteiger charge is 2.32. The summed E-state index contributed by atoms with van der Waals surface area (Å²) in [4.78, 5) is 19.4. The van der Waals surface area contributed by atoms with Crippen molar-refractivity contribution in [2.24, 2.45) is 0 Å². The minimum atomic E-state index is -4.46. The fourth-order valence-corrected chi connectivity index (χ4v) is 3.16. The average molecular weight is 342 g/mol. The number of hydrogen-bond acceptors (Lipinski definition) is 3. The van der Waals surface area contributed by atoms with E-state index >= 15 is 0 Å². The molecule has 0 fully saturated rings. The molecule has 0 heterocycles. The van der Waals surface area contributed by atoms with Crippen LogP contribution in [0.2, 0.25) is 5.02 Å². The highest BCUT2D eigenvalue weighted by Crippen LogP contribution is 2.53. The van der Waals surface area contributed by atoms with Crippen molar-refractivity contribution < 1.29 is 19.1 Å². The van der Waals surface area contributed by atoms with Crippen molar-refractivity contribution in [3.8, 4) is 5.75 Å². The van der Waals surface area contributed by atoms with Gasteiger partial charge in [-0.3, -0.25) is 4.57 Å². The molecule has 0 saturated heterocycles. The summed E-state index contributed by atoms with van der Waals surface area (Å²) in [6.07, 6.45) is 0. The predicted octanol–water partition coefficient (Wildman–Crippen LogP) is 4.03. The van der Waals surface area contributed by atoms with Gasteiger partial charge >= 0.3 is 7.60 Å². The van der Waals surface area contributed by atoms with E-state index in [1.54, 1.807) is 48.5 Å². The van der Waals surface area contributed by atoms with Crippen LogP contribution in [0, 0.1) is 0 Å². The SMILES string of the molecule is CCOc1ccccc1[C@@H](Nc1cccc(Cl)c1)P(=O)(O)O. The van der Waals surface area contributed by atoms with Gasteiger partial charge in [0.05, 0.1) is 6.61 Å². The van der Waals surface area contributed by atoms with E-state index in [2.05, 4.69) is 5.32 Å². The van der Waals surface area contributed by atoms with E-state index in [1.165, 1.54) is 0 Å². The van der Waals surface area contributed by atoms with Gasteiger partial charge in [0.15, 0.2) is 5.78 Å². The van der Waals surface area contributed by atoms with Crippen LogP contribution in [0.5, 0.6) is 5.75 Å². The summed E-state index contributed by atoms with van der Waals surface area (Å²) in [5, 5.41) is 3.33. The molecule has 1 atom stereocenters. The van der Waals surface area contributed by atoms with Gasteiger partial charge in [0.1, 0.15) is 5.75 Å². The molecule has 3 N–H and O–H groups in total. The summed E-state index contributed by atoms with van der Waals surface area (Å²) in [6, 6.07) is 13.5. The average Bonchev–Trinajstić information content (AvgIpc) is 2.45. The van der Waals surface area contributed by atoms with Crippen molar-refractivity contribution in [2.45, 2.75) is 12.7 Å². The Labute approximate surface area is 134 Å². The molecule has 0 unspecified atom stereocenters. The lowest BCUT2D eigenvalue weighted by Gasteiger charge is -2.23. The summed E-state index contributed by atoms with van der Waals surface area (Å²) in [7, 11) is -4.46.